The monoisotopic (exact) mass is 340 g/mol. The molecule has 0 aromatic heterocycles. The average molecular weight is 340 g/mol. The van der Waals surface area contributed by atoms with Gasteiger partial charge in [0.25, 0.3) is 0 Å². The summed E-state index contributed by atoms with van der Waals surface area (Å²) in [5, 5.41) is 2.87. The van der Waals surface area contributed by atoms with Crippen molar-refractivity contribution in [2.45, 2.75) is 56.9 Å². The van der Waals surface area contributed by atoms with Gasteiger partial charge in [0.2, 0.25) is 15.9 Å². The molecule has 0 spiro atoms. The first-order valence-corrected chi connectivity index (χ1v) is 9.60. The van der Waals surface area contributed by atoms with E-state index in [2.05, 4.69) is 12.2 Å². The van der Waals surface area contributed by atoms with E-state index in [-0.39, 0.29) is 10.8 Å². The van der Waals surface area contributed by atoms with E-state index in [0.29, 0.717) is 13.0 Å². The first-order valence-electron chi connectivity index (χ1n) is 8.16. The summed E-state index contributed by atoms with van der Waals surface area (Å²) in [4.78, 5) is 12.0. The summed E-state index contributed by atoms with van der Waals surface area (Å²) < 4.78 is 25.1. The highest BCUT2D eigenvalue weighted by atomic mass is 32.2. The largest absolute Gasteiger partial charge is 0.352 e. The zero-order valence-electron chi connectivity index (χ0n) is 14.3. The van der Waals surface area contributed by atoms with Gasteiger partial charge in [-0.2, -0.15) is 0 Å². The Hall–Kier alpha value is -1.40. The predicted octanol–water partition coefficient (Wildman–Crippen LogP) is 2.91. The van der Waals surface area contributed by atoms with Crippen LogP contribution >= 0.6 is 0 Å². The van der Waals surface area contributed by atoms with E-state index in [1.165, 1.54) is 37.7 Å². The molecule has 0 bridgehead atoms. The van der Waals surface area contributed by atoms with Gasteiger partial charge in [0.05, 0.1) is 4.90 Å². The fourth-order valence-corrected chi connectivity index (χ4v) is 3.07. The first-order chi connectivity index (χ1) is 10.9. The number of benzene rings is 1. The number of carbonyl (C=O) groups is 1. The van der Waals surface area contributed by atoms with E-state index in [1.807, 2.05) is 0 Å². The second-order valence-corrected chi connectivity index (χ2v) is 8.02. The third-order valence-electron chi connectivity index (χ3n) is 3.70. The molecule has 0 unspecified atom stereocenters. The molecule has 6 heteroatoms. The lowest BCUT2D eigenvalue weighted by molar-refractivity contribution is -0.121. The van der Waals surface area contributed by atoms with Gasteiger partial charge in [-0.25, -0.2) is 12.7 Å². The minimum atomic E-state index is -3.40. The van der Waals surface area contributed by atoms with Gasteiger partial charge in [-0.15, -0.1) is 0 Å². The molecule has 1 rings (SSSR count). The Morgan fingerprint density at radius 1 is 1.04 bits per heavy atom. The maximum absolute atomic E-state index is 12.0. The van der Waals surface area contributed by atoms with Crippen LogP contribution in [-0.2, 0) is 21.4 Å². The van der Waals surface area contributed by atoms with Crippen molar-refractivity contribution in [3.8, 4) is 0 Å². The van der Waals surface area contributed by atoms with Crippen molar-refractivity contribution >= 4 is 15.9 Å². The van der Waals surface area contributed by atoms with Gasteiger partial charge >= 0.3 is 0 Å². The number of sulfonamides is 1. The predicted molar refractivity (Wildman–Crippen MR) is 92.5 cm³/mol. The van der Waals surface area contributed by atoms with Crippen molar-refractivity contribution in [1.82, 2.24) is 9.62 Å². The van der Waals surface area contributed by atoms with Crippen molar-refractivity contribution < 1.29 is 13.2 Å². The molecule has 0 aliphatic carbocycles. The minimum absolute atomic E-state index is 0.0477. The molecule has 0 atom stereocenters. The van der Waals surface area contributed by atoms with Crippen molar-refractivity contribution in [2.24, 2.45) is 0 Å². The van der Waals surface area contributed by atoms with Gasteiger partial charge in [0.15, 0.2) is 0 Å². The molecule has 1 aromatic carbocycles. The van der Waals surface area contributed by atoms with Gasteiger partial charge in [-0.3, -0.25) is 4.79 Å². The lowest BCUT2D eigenvalue weighted by Gasteiger charge is -2.12. The molecule has 130 valence electrons. The highest BCUT2D eigenvalue weighted by Gasteiger charge is 2.16. The zero-order chi connectivity index (χ0) is 17.3. The van der Waals surface area contributed by atoms with E-state index >= 15 is 0 Å². The lowest BCUT2D eigenvalue weighted by Crippen LogP contribution is -2.23. The standard InChI is InChI=1S/C17H28N2O3S/c1-4-5-6-7-8-9-17(20)18-14-15-10-12-16(13-11-15)23(21,22)19(2)3/h10-13H,4-9,14H2,1-3H3,(H,18,20). The smallest absolute Gasteiger partial charge is 0.242 e. The number of unbranched alkanes of at least 4 members (excludes halogenated alkanes) is 4. The molecule has 0 radical (unpaired) electrons. The molecule has 1 aromatic rings. The highest BCUT2D eigenvalue weighted by molar-refractivity contribution is 7.89. The fourth-order valence-electron chi connectivity index (χ4n) is 2.17. The normalized spacial score (nSPS) is 11.7. The van der Waals surface area contributed by atoms with Gasteiger partial charge in [0.1, 0.15) is 0 Å². The van der Waals surface area contributed by atoms with E-state index in [9.17, 15) is 13.2 Å². The number of nitrogens with zero attached hydrogens (tertiary/aromatic N) is 1. The molecule has 0 heterocycles. The third kappa shape index (κ3) is 6.71. The van der Waals surface area contributed by atoms with E-state index in [0.717, 1.165) is 18.4 Å². The van der Waals surface area contributed by atoms with E-state index in [4.69, 9.17) is 0 Å². The second kappa shape index (κ2) is 9.67. The summed E-state index contributed by atoms with van der Waals surface area (Å²) in [5.41, 5.74) is 0.891. The van der Waals surface area contributed by atoms with Gasteiger partial charge in [-0.1, -0.05) is 44.7 Å². The average Bonchev–Trinajstić information content (AvgIpc) is 2.53. The number of carbonyl (C=O) groups excluding carboxylic acids is 1. The topological polar surface area (TPSA) is 66.5 Å². The fraction of sp³-hybridized carbons (Fsp3) is 0.588. The van der Waals surface area contributed by atoms with Crippen molar-refractivity contribution in [3.63, 3.8) is 0 Å². The Bertz CT molecular complexity index is 580. The summed E-state index contributed by atoms with van der Waals surface area (Å²) >= 11 is 0. The number of hydrogen-bond acceptors (Lipinski definition) is 3. The first kappa shape index (κ1) is 19.6. The van der Waals surface area contributed by atoms with Crippen LogP contribution < -0.4 is 5.32 Å². The SMILES string of the molecule is CCCCCCCC(=O)NCc1ccc(S(=O)(=O)N(C)C)cc1. The maximum Gasteiger partial charge on any atom is 0.242 e. The molecule has 0 fully saturated rings. The minimum Gasteiger partial charge on any atom is -0.352 e. The molecule has 23 heavy (non-hydrogen) atoms. The third-order valence-corrected chi connectivity index (χ3v) is 5.53. The summed E-state index contributed by atoms with van der Waals surface area (Å²) in [7, 11) is -0.391. The van der Waals surface area contributed by atoms with E-state index < -0.39 is 10.0 Å². The number of hydrogen-bond donors (Lipinski definition) is 1. The Labute approximate surface area is 140 Å². The Balaban J connectivity index is 2.40. The lowest BCUT2D eigenvalue weighted by atomic mass is 10.1. The molecule has 1 N–H and O–H groups in total. The quantitative estimate of drug-likeness (QED) is 0.666. The molecular weight excluding hydrogens is 312 g/mol. The Morgan fingerprint density at radius 3 is 2.22 bits per heavy atom. The Morgan fingerprint density at radius 2 is 1.65 bits per heavy atom. The highest BCUT2D eigenvalue weighted by Crippen LogP contribution is 2.14. The molecule has 1 amide bonds. The molecule has 0 saturated heterocycles. The maximum atomic E-state index is 12.0. The summed E-state index contributed by atoms with van der Waals surface area (Å²) in [6.45, 7) is 2.60. The van der Waals surface area contributed by atoms with Crippen LogP contribution in [0.25, 0.3) is 0 Å². The molecule has 0 saturated carbocycles. The van der Waals surface area contributed by atoms with Gasteiger partial charge in [-0.05, 0) is 24.1 Å². The van der Waals surface area contributed by atoms with Gasteiger partial charge in [0, 0.05) is 27.1 Å². The van der Waals surface area contributed by atoms with Crippen LogP contribution in [0.4, 0.5) is 0 Å². The van der Waals surface area contributed by atoms with E-state index in [1.54, 1.807) is 24.3 Å². The molecule has 0 aliphatic heterocycles. The van der Waals surface area contributed by atoms with Crippen LogP contribution in [0.3, 0.4) is 0 Å². The number of nitrogens with one attached hydrogen (secondary N) is 1. The van der Waals surface area contributed by atoms with Crippen LogP contribution in [-0.4, -0.2) is 32.7 Å². The van der Waals surface area contributed by atoms with Crippen LogP contribution in [0.5, 0.6) is 0 Å². The molecular formula is C17H28N2O3S. The van der Waals surface area contributed by atoms with Crippen molar-refractivity contribution in [3.05, 3.63) is 29.8 Å². The molecule has 5 nitrogen and oxygen atoms in total. The van der Waals surface area contributed by atoms with Crippen LogP contribution in [0.15, 0.2) is 29.2 Å². The second-order valence-electron chi connectivity index (χ2n) is 5.87. The summed E-state index contributed by atoms with van der Waals surface area (Å²) in [6, 6.07) is 6.61. The summed E-state index contributed by atoms with van der Waals surface area (Å²) in [5.74, 6) is 0.0477. The summed E-state index contributed by atoms with van der Waals surface area (Å²) in [6.07, 6.45) is 6.18. The van der Waals surface area contributed by atoms with Crippen LogP contribution in [0, 0.1) is 0 Å². The van der Waals surface area contributed by atoms with Crippen LogP contribution in [0.2, 0.25) is 0 Å². The zero-order valence-corrected chi connectivity index (χ0v) is 15.2. The molecule has 0 aliphatic rings. The van der Waals surface area contributed by atoms with Crippen molar-refractivity contribution in [1.29, 1.82) is 0 Å². The van der Waals surface area contributed by atoms with Gasteiger partial charge < -0.3 is 5.32 Å². The Kier molecular flexibility index (Phi) is 8.26. The number of rotatable bonds is 10. The van der Waals surface area contributed by atoms with Crippen LogP contribution in [0.1, 0.15) is 51.0 Å². The number of amides is 1. The van der Waals surface area contributed by atoms with Crippen molar-refractivity contribution in [2.75, 3.05) is 14.1 Å².